The summed E-state index contributed by atoms with van der Waals surface area (Å²) in [5, 5.41) is 0.915. The Morgan fingerprint density at radius 3 is 2.62 bits per heavy atom. The minimum Gasteiger partial charge on any atom is -0.0884 e. The lowest BCUT2D eigenvalue weighted by Gasteiger charge is -2.12. The van der Waals surface area contributed by atoms with Crippen LogP contribution in [-0.2, 0) is 6.42 Å². The molecule has 0 N–H and O–H groups in total. The van der Waals surface area contributed by atoms with Gasteiger partial charge in [-0.15, -0.1) is 0 Å². The maximum absolute atomic E-state index is 6.19. The highest BCUT2D eigenvalue weighted by Crippen LogP contribution is 2.60. The highest BCUT2D eigenvalue weighted by Gasteiger charge is 2.54. The average molecular weight is 300 g/mol. The number of hydrogen-bond donors (Lipinski definition) is 0. The van der Waals surface area contributed by atoms with Crippen LogP contribution in [-0.4, -0.2) is 4.83 Å². The Kier molecular flexibility index (Phi) is 3.01. The van der Waals surface area contributed by atoms with E-state index in [1.54, 1.807) is 0 Å². The van der Waals surface area contributed by atoms with Crippen molar-refractivity contribution in [2.24, 2.45) is 17.8 Å². The van der Waals surface area contributed by atoms with E-state index in [0.717, 1.165) is 29.2 Å². The molecule has 0 bridgehead atoms. The monoisotopic (exact) mass is 298 g/mol. The molecular weight excluding hydrogens is 284 g/mol. The average Bonchev–Trinajstić information content (AvgIpc) is 2.76. The zero-order chi connectivity index (χ0) is 11.1. The standard InChI is InChI=1S/C14H16BrCl/c15-12(14-10-5-3-6-11(10)14)8-9-4-1-2-7-13(9)16/h1-2,4,7,10-12,14H,3,5-6,8H2. The van der Waals surface area contributed by atoms with E-state index >= 15 is 0 Å². The maximum Gasteiger partial charge on any atom is 0.0438 e. The lowest BCUT2D eigenvalue weighted by Crippen LogP contribution is -2.09. The molecule has 0 nitrogen and oxygen atoms in total. The summed E-state index contributed by atoms with van der Waals surface area (Å²) >= 11 is 10.1. The van der Waals surface area contributed by atoms with E-state index in [-0.39, 0.29) is 0 Å². The minimum atomic E-state index is 0.627. The number of rotatable bonds is 3. The second-order valence-corrected chi connectivity index (χ2v) is 6.73. The van der Waals surface area contributed by atoms with Crippen LogP contribution in [0.1, 0.15) is 24.8 Å². The van der Waals surface area contributed by atoms with Crippen LogP contribution in [0.25, 0.3) is 0 Å². The predicted molar refractivity (Wildman–Crippen MR) is 72.2 cm³/mol. The van der Waals surface area contributed by atoms with Crippen molar-refractivity contribution in [1.29, 1.82) is 0 Å². The van der Waals surface area contributed by atoms with E-state index in [9.17, 15) is 0 Å². The molecule has 2 saturated carbocycles. The first kappa shape index (κ1) is 11.1. The summed E-state index contributed by atoms with van der Waals surface area (Å²) in [6, 6.07) is 8.22. The molecule has 2 aliphatic rings. The van der Waals surface area contributed by atoms with Crippen LogP contribution in [0.5, 0.6) is 0 Å². The van der Waals surface area contributed by atoms with Crippen LogP contribution in [0.2, 0.25) is 5.02 Å². The Morgan fingerprint density at radius 2 is 1.94 bits per heavy atom. The molecule has 3 rings (SSSR count). The lowest BCUT2D eigenvalue weighted by atomic mass is 10.0. The van der Waals surface area contributed by atoms with Crippen molar-refractivity contribution in [3.63, 3.8) is 0 Å². The van der Waals surface area contributed by atoms with E-state index in [2.05, 4.69) is 28.1 Å². The molecule has 0 heterocycles. The van der Waals surface area contributed by atoms with Crippen LogP contribution in [0.15, 0.2) is 24.3 Å². The van der Waals surface area contributed by atoms with Gasteiger partial charge in [0.15, 0.2) is 0 Å². The van der Waals surface area contributed by atoms with E-state index in [4.69, 9.17) is 11.6 Å². The molecule has 0 aliphatic heterocycles. The van der Waals surface area contributed by atoms with Crippen LogP contribution in [0.3, 0.4) is 0 Å². The highest BCUT2D eigenvalue weighted by atomic mass is 79.9. The normalized spacial score (nSPS) is 33.5. The second-order valence-electron chi connectivity index (χ2n) is 5.15. The molecule has 0 saturated heterocycles. The summed E-state index contributed by atoms with van der Waals surface area (Å²) in [6.07, 6.45) is 5.45. The van der Waals surface area contributed by atoms with Gasteiger partial charge in [0.1, 0.15) is 0 Å². The summed E-state index contributed by atoms with van der Waals surface area (Å²) in [6.45, 7) is 0. The molecule has 2 fully saturated rings. The first-order valence-electron chi connectivity index (χ1n) is 6.15. The van der Waals surface area contributed by atoms with Crippen molar-refractivity contribution in [2.45, 2.75) is 30.5 Å². The predicted octanol–water partition coefficient (Wildman–Crippen LogP) is 4.69. The fourth-order valence-corrected chi connectivity index (χ4v) is 4.77. The molecule has 0 radical (unpaired) electrons. The third-order valence-corrected chi connectivity index (χ3v) is 5.57. The fourth-order valence-electron chi connectivity index (χ4n) is 3.42. The summed E-state index contributed by atoms with van der Waals surface area (Å²) in [4.78, 5) is 0.627. The van der Waals surface area contributed by atoms with Crippen molar-refractivity contribution in [3.8, 4) is 0 Å². The fraction of sp³-hybridized carbons (Fsp3) is 0.571. The zero-order valence-corrected chi connectivity index (χ0v) is 11.5. The van der Waals surface area contributed by atoms with Crippen molar-refractivity contribution in [3.05, 3.63) is 34.9 Å². The summed E-state index contributed by atoms with van der Waals surface area (Å²) < 4.78 is 0. The molecule has 3 atom stereocenters. The summed E-state index contributed by atoms with van der Waals surface area (Å²) in [5.74, 6) is 2.96. The largest absolute Gasteiger partial charge is 0.0884 e. The maximum atomic E-state index is 6.19. The van der Waals surface area contributed by atoms with Crippen molar-refractivity contribution >= 4 is 27.5 Å². The van der Waals surface area contributed by atoms with E-state index in [0.29, 0.717) is 4.83 Å². The summed E-state index contributed by atoms with van der Waals surface area (Å²) in [7, 11) is 0. The Hall–Kier alpha value is -0.0100. The molecule has 3 unspecified atom stereocenters. The Balaban J connectivity index is 1.65. The Labute approximate surface area is 111 Å². The SMILES string of the molecule is Clc1ccccc1CC(Br)C1C2CCCC21. The van der Waals surface area contributed by atoms with Crippen molar-refractivity contribution < 1.29 is 0 Å². The van der Waals surface area contributed by atoms with Gasteiger partial charge in [0.05, 0.1) is 0 Å². The van der Waals surface area contributed by atoms with E-state index < -0.39 is 0 Å². The van der Waals surface area contributed by atoms with Gasteiger partial charge in [0.25, 0.3) is 0 Å². The number of alkyl halides is 1. The molecule has 86 valence electrons. The third kappa shape index (κ3) is 1.93. The van der Waals surface area contributed by atoms with Gasteiger partial charge in [0, 0.05) is 9.85 Å². The van der Waals surface area contributed by atoms with Gasteiger partial charge in [-0.3, -0.25) is 0 Å². The summed E-state index contributed by atoms with van der Waals surface area (Å²) in [5.41, 5.74) is 1.29. The van der Waals surface area contributed by atoms with Crippen LogP contribution in [0, 0.1) is 17.8 Å². The smallest absolute Gasteiger partial charge is 0.0438 e. The number of hydrogen-bond acceptors (Lipinski definition) is 0. The zero-order valence-electron chi connectivity index (χ0n) is 9.20. The van der Waals surface area contributed by atoms with Crippen molar-refractivity contribution in [1.82, 2.24) is 0 Å². The van der Waals surface area contributed by atoms with Gasteiger partial charge in [-0.05, 0) is 48.6 Å². The van der Waals surface area contributed by atoms with Crippen LogP contribution >= 0.6 is 27.5 Å². The highest BCUT2D eigenvalue weighted by molar-refractivity contribution is 9.09. The Bertz CT molecular complexity index is 380. The molecule has 1 aromatic rings. The molecule has 2 heteroatoms. The minimum absolute atomic E-state index is 0.627. The number of halogens is 2. The van der Waals surface area contributed by atoms with Gasteiger partial charge >= 0.3 is 0 Å². The topological polar surface area (TPSA) is 0 Å². The second kappa shape index (κ2) is 4.34. The molecule has 16 heavy (non-hydrogen) atoms. The molecule has 0 amide bonds. The van der Waals surface area contributed by atoms with Crippen molar-refractivity contribution in [2.75, 3.05) is 0 Å². The first-order valence-corrected chi connectivity index (χ1v) is 7.44. The Morgan fingerprint density at radius 1 is 1.25 bits per heavy atom. The van der Waals surface area contributed by atoms with E-state index in [1.165, 1.54) is 24.8 Å². The molecule has 0 spiro atoms. The van der Waals surface area contributed by atoms with Gasteiger partial charge in [0.2, 0.25) is 0 Å². The van der Waals surface area contributed by atoms with Crippen LogP contribution < -0.4 is 0 Å². The molecular formula is C14H16BrCl. The van der Waals surface area contributed by atoms with Gasteiger partial charge < -0.3 is 0 Å². The lowest BCUT2D eigenvalue weighted by molar-refractivity contribution is 0.569. The molecule has 2 aliphatic carbocycles. The molecule has 1 aromatic carbocycles. The van der Waals surface area contributed by atoms with E-state index in [1.807, 2.05) is 12.1 Å². The molecule has 0 aromatic heterocycles. The van der Waals surface area contributed by atoms with Crippen LogP contribution in [0.4, 0.5) is 0 Å². The van der Waals surface area contributed by atoms with Gasteiger partial charge in [-0.2, -0.15) is 0 Å². The number of benzene rings is 1. The third-order valence-electron chi connectivity index (χ3n) is 4.26. The van der Waals surface area contributed by atoms with Gasteiger partial charge in [-0.1, -0.05) is 52.2 Å². The van der Waals surface area contributed by atoms with Gasteiger partial charge in [-0.25, -0.2) is 0 Å². The quantitative estimate of drug-likeness (QED) is 0.710. The number of fused-ring (bicyclic) bond motifs is 1. The first-order chi connectivity index (χ1) is 7.77.